The number of aryl methyl sites for hydroxylation is 1. The minimum Gasteiger partial charge on any atom is -0.337 e. The smallest absolute Gasteiger partial charge is 0.274 e. The number of hydrogen-bond acceptors (Lipinski definition) is 6. The van der Waals surface area contributed by atoms with E-state index < -0.39 is 0 Å². The molecule has 0 unspecified atom stereocenters. The number of amides is 1. The lowest BCUT2D eigenvalue weighted by molar-refractivity contribution is 0.0764. The molecule has 0 aromatic carbocycles. The Balaban J connectivity index is 1.52. The molecule has 0 atom stereocenters. The highest BCUT2D eigenvalue weighted by Gasteiger charge is 2.19. The molecule has 0 aliphatic rings. The van der Waals surface area contributed by atoms with Gasteiger partial charge in [-0.15, -0.1) is 0 Å². The Kier molecular flexibility index (Phi) is 3.92. The van der Waals surface area contributed by atoms with Crippen molar-refractivity contribution in [2.75, 3.05) is 7.05 Å². The van der Waals surface area contributed by atoms with Crippen LogP contribution in [0.25, 0.3) is 17.0 Å². The van der Waals surface area contributed by atoms with Gasteiger partial charge in [0.15, 0.2) is 0 Å². The van der Waals surface area contributed by atoms with E-state index in [1.165, 1.54) is 4.90 Å². The van der Waals surface area contributed by atoms with Crippen molar-refractivity contribution in [2.24, 2.45) is 0 Å². The molecule has 130 valence electrons. The van der Waals surface area contributed by atoms with Crippen molar-refractivity contribution in [3.8, 4) is 11.4 Å². The minimum atomic E-state index is -0.211. The predicted octanol–water partition coefficient (Wildman–Crippen LogP) is 2.36. The molecule has 8 nitrogen and oxygen atoms in total. The van der Waals surface area contributed by atoms with E-state index in [1.54, 1.807) is 37.8 Å². The zero-order valence-corrected chi connectivity index (χ0v) is 14.3. The second-order valence-electron chi connectivity index (χ2n) is 5.96. The summed E-state index contributed by atoms with van der Waals surface area (Å²) >= 11 is 0. The van der Waals surface area contributed by atoms with Crippen LogP contribution in [0.5, 0.6) is 0 Å². The van der Waals surface area contributed by atoms with Gasteiger partial charge in [0.1, 0.15) is 17.9 Å². The molecule has 0 radical (unpaired) electrons. The Morgan fingerprint density at radius 1 is 1.23 bits per heavy atom. The Hall–Kier alpha value is -3.55. The van der Waals surface area contributed by atoms with E-state index >= 15 is 0 Å². The lowest BCUT2D eigenvalue weighted by Crippen LogP contribution is -2.26. The first-order chi connectivity index (χ1) is 12.6. The number of fused-ring (bicyclic) bond motifs is 1. The summed E-state index contributed by atoms with van der Waals surface area (Å²) in [6.45, 7) is 2.16. The van der Waals surface area contributed by atoms with Gasteiger partial charge in [-0.25, -0.2) is 4.98 Å². The Morgan fingerprint density at radius 3 is 2.81 bits per heavy atom. The van der Waals surface area contributed by atoms with E-state index in [4.69, 9.17) is 4.52 Å². The van der Waals surface area contributed by atoms with Crippen LogP contribution in [0.3, 0.4) is 0 Å². The summed E-state index contributed by atoms with van der Waals surface area (Å²) in [5.41, 5.74) is 2.95. The van der Waals surface area contributed by atoms with Crippen LogP contribution in [0, 0.1) is 6.92 Å². The van der Waals surface area contributed by atoms with Gasteiger partial charge in [-0.05, 0) is 30.7 Å². The first kappa shape index (κ1) is 15.9. The fraction of sp³-hybridized carbons (Fsp3) is 0.167. The molecule has 1 amide bonds. The third-order valence-electron chi connectivity index (χ3n) is 4.02. The van der Waals surface area contributed by atoms with Crippen molar-refractivity contribution in [3.63, 3.8) is 0 Å². The number of carbonyl (C=O) groups excluding carboxylic acids is 1. The van der Waals surface area contributed by atoms with E-state index in [9.17, 15) is 4.79 Å². The van der Waals surface area contributed by atoms with Gasteiger partial charge in [-0.2, -0.15) is 4.98 Å². The molecule has 0 N–H and O–H groups in total. The molecule has 0 bridgehead atoms. The Bertz CT molecular complexity index is 1070. The summed E-state index contributed by atoms with van der Waals surface area (Å²) in [4.78, 5) is 26.9. The molecule has 26 heavy (non-hydrogen) atoms. The van der Waals surface area contributed by atoms with Crippen molar-refractivity contribution < 1.29 is 9.32 Å². The SMILES string of the molecule is Cc1cccn2cc(C(=O)N(C)Cc3nc(-c4ccncc4)no3)nc12. The first-order valence-corrected chi connectivity index (χ1v) is 8.04. The highest BCUT2D eigenvalue weighted by molar-refractivity contribution is 5.92. The van der Waals surface area contributed by atoms with Crippen molar-refractivity contribution in [1.82, 2.24) is 29.4 Å². The zero-order valence-electron chi connectivity index (χ0n) is 14.3. The molecule has 4 aromatic heterocycles. The van der Waals surface area contributed by atoms with Crippen LogP contribution in [0.1, 0.15) is 21.9 Å². The molecular weight excluding hydrogens is 332 g/mol. The first-order valence-electron chi connectivity index (χ1n) is 8.04. The highest BCUT2D eigenvalue weighted by atomic mass is 16.5. The van der Waals surface area contributed by atoms with E-state index in [-0.39, 0.29) is 12.5 Å². The number of nitrogens with zero attached hydrogens (tertiary/aromatic N) is 6. The van der Waals surface area contributed by atoms with Gasteiger partial charge in [-0.1, -0.05) is 11.2 Å². The van der Waals surface area contributed by atoms with Crippen LogP contribution in [-0.2, 0) is 6.54 Å². The molecule has 0 fully saturated rings. The van der Waals surface area contributed by atoms with Crippen LogP contribution in [-0.4, -0.2) is 42.4 Å². The average molecular weight is 348 g/mol. The molecule has 4 heterocycles. The molecule has 0 saturated heterocycles. The zero-order chi connectivity index (χ0) is 18.1. The van der Waals surface area contributed by atoms with Gasteiger partial charge in [0, 0.05) is 37.4 Å². The summed E-state index contributed by atoms with van der Waals surface area (Å²) < 4.78 is 7.09. The van der Waals surface area contributed by atoms with Crippen LogP contribution < -0.4 is 0 Å². The van der Waals surface area contributed by atoms with Gasteiger partial charge in [-0.3, -0.25) is 9.78 Å². The summed E-state index contributed by atoms with van der Waals surface area (Å²) in [5, 5.41) is 3.95. The number of hydrogen-bond donors (Lipinski definition) is 0. The van der Waals surface area contributed by atoms with Crippen molar-refractivity contribution in [1.29, 1.82) is 0 Å². The maximum atomic E-state index is 12.7. The van der Waals surface area contributed by atoms with Crippen molar-refractivity contribution in [3.05, 3.63) is 66.2 Å². The molecule has 0 saturated carbocycles. The van der Waals surface area contributed by atoms with Crippen LogP contribution in [0.15, 0.2) is 53.6 Å². The Labute approximate surface area is 149 Å². The number of rotatable bonds is 4. The molecule has 0 aliphatic heterocycles. The fourth-order valence-corrected chi connectivity index (χ4v) is 2.66. The lowest BCUT2D eigenvalue weighted by Gasteiger charge is -2.12. The summed E-state index contributed by atoms with van der Waals surface area (Å²) in [6.07, 6.45) is 6.90. The van der Waals surface area contributed by atoms with Crippen molar-refractivity contribution in [2.45, 2.75) is 13.5 Å². The summed E-state index contributed by atoms with van der Waals surface area (Å²) in [6, 6.07) is 7.46. The fourth-order valence-electron chi connectivity index (χ4n) is 2.66. The lowest BCUT2D eigenvalue weighted by atomic mass is 10.2. The largest absolute Gasteiger partial charge is 0.337 e. The minimum absolute atomic E-state index is 0.198. The molecule has 4 rings (SSSR count). The van der Waals surface area contributed by atoms with Gasteiger partial charge in [0.2, 0.25) is 11.7 Å². The summed E-state index contributed by atoms with van der Waals surface area (Å²) in [5.74, 6) is 0.607. The second-order valence-corrected chi connectivity index (χ2v) is 5.96. The maximum Gasteiger partial charge on any atom is 0.274 e. The number of carbonyl (C=O) groups is 1. The average Bonchev–Trinajstić information content (AvgIpc) is 3.29. The molecule has 0 aliphatic carbocycles. The topological polar surface area (TPSA) is 89.4 Å². The van der Waals surface area contributed by atoms with Crippen molar-refractivity contribution >= 4 is 11.6 Å². The van der Waals surface area contributed by atoms with Crippen LogP contribution in [0.4, 0.5) is 0 Å². The molecular formula is C18H16N6O2. The van der Waals surface area contributed by atoms with Gasteiger partial charge >= 0.3 is 0 Å². The number of imidazole rings is 1. The van der Waals surface area contributed by atoms with Crippen LogP contribution in [0.2, 0.25) is 0 Å². The number of pyridine rings is 2. The quantitative estimate of drug-likeness (QED) is 0.562. The normalized spacial score (nSPS) is 11.0. The highest BCUT2D eigenvalue weighted by Crippen LogP contribution is 2.16. The van der Waals surface area contributed by atoms with E-state index in [0.717, 1.165) is 16.8 Å². The predicted molar refractivity (Wildman–Crippen MR) is 93.3 cm³/mol. The Morgan fingerprint density at radius 2 is 2.04 bits per heavy atom. The molecule has 4 aromatic rings. The number of aromatic nitrogens is 5. The molecule has 0 spiro atoms. The second kappa shape index (κ2) is 6.40. The third kappa shape index (κ3) is 2.92. The standard InChI is InChI=1S/C18H16N6O2/c1-12-4-3-9-24-10-14(20-17(12)24)18(25)23(2)11-15-21-16(22-26-15)13-5-7-19-8-6-13/h3-10H,11H2,1-2H3. The van der Waals surface area contributed by atoms with E-state index in [2.05, 4.69) is 20.1 Å². The summed E-state index contributed by atoms with van der Waals surface area (Å²) in [7, 11) is 1.68. The molecule has 8 heteroatoms. The van der Waals surface area contributed by atoms with E-state index in [1.807, 2.05) is 29.7 Å². The van der Waals surface area contributed by atoms with E-state index in [0.29, 0.717) is 17.4 Å². The van der Waals surface area contributed by atoms with Gasteiger partial charge < -0.3 is 13.8 Å². The van der Waals surface area contributed by atoms with Gasteiger partial charge in [0.25, 0.3) is 5.91 Å². The van der Waals surface area contributed by atoms with Gasteiger partial charge in [0.05, 0.1) is 0 Å². The monoisotopic (exact) mass is 348 g/mol. The maximum absolute atomic E-state index is 12.7. The van der Waals surface area contributed by atoms with Crippen LogP contribution >= 0.6 is 0 Å². The third-order valence-corrected chi connectivity index (χ3v) is 4.02.